The largest absolute Gasteiger partial charge is 0.480 e. The van der Waals surface area contributed by atoms with Gasteiger partial charge in [0.1, 0.15) is 12.6 Å². The number of morpholine rings is 1. The average Bonchev–Trinajstić information content (AvgIpc) is 3.15. The number of ether oxygens (including phenoxy) is 2. The van der Waals surface area contributed by atoms with Gasteiger partial charge >= 0.3 is 12.1 Å². The van der Waals surface area contributed by atoms with Crippen LogP contribution in [0, 0.1) is 5.92 Å². The van der Waals surface area contributed by atoms with Crippen LogP contribution >= 0.6 is 0 Å². The highest BCUT2D eigenvalue weighted by molar-refractivity contribution is 5.89. The van der Waals surface area contributed by atoms with Gasteiger partial charge in [0.05, 0.1) is 13.2 Å². The zero-order chi connectivity index (χ0) is 24.2. The minimum Gasteiger partial charge on any atom is -0.480 e. The number of benzene rings is 2. The number of nitrogens with zero attached hydrogens (tertiary/aromatic N) is 1. The highest BCUT2D eigenvalue weighted by atomic mass is 16.5. The van der Waals surface area contributed by atoms with Crippen molar-refractivity contribution in [2.45, 2.75) is 38.3 Å². The van der Waals surface area contributed by atoms with Crippen LogP contribution in [0.1, 0.15) is 37.3 Å². The fraction of sp³-hybridized carbons (Fsp3) is 0.423. The van der Waals surface area contributed by atoms with E-state index < -0.39 is 30.1 Å². The third kappa shape index (κ3) is 4.92. The quantitative estimate of drug-likeness (QED) is 0.649. The maximum absolute atomic E-state index is 13.2. The molecule has 2 aliphatic rings. The molecule has 1 saturated heterocycles. The van der Waals surface area contributed by atoms with Gasteiger partial charge in [0.15, 0.2) is 6.04 Å². The molecule has 1 heterocycles. The molecular formula is C26H30N2O6. The smallest absolute Gasteiger partial charge is 0.407 e. The van der Waals surface area contributed by atoms with Gasteiger partial charge in [-0.15, -0.1) is 0 Å². The highest BCUT2D eigenvalue weighted by Crippen LogP contribution is 2.44. The standard InChI is InChI=1S/C26H30N2O6/c1-16(2)13-22(24(29)28-11-12-33-15-23(28)25(30)31)27-26(32)34-14-21-19-9-5-3-7-17(19)18-8-4-6-10-20(18)21/h3-10,16,21-23H,11-15H2,1-2H3,(H,27,32)(H,30,31)/t22-,23?/m1/s1. The van der Waals surface area contributed by atoms with Crippen molar-refractivity contribution in [3.8, 4) is 11.1 Å². The number of fused-ring (bicyclic) bond motifs is 3. The van der Waals surface area contributed by atoms with Gasteiger partial charge in [-0.2, -0.15) is 0 Å². The van der Waals surface area contributed by atoms with Crippen molar-refractivity contribution >= 4 is 18.0 Å². The molecule has 34 heavy (non-hydrogen) atoms. The third-order valence-electron chi connectivity index (χ3n) is 6.34. The Morgan fingerprint density at radius 1 is 1.09 bits per heavy atom. The molecule has 1 fully saturated rings. The molecule has 2 aromatic carbocycles. The van der Waals surface area contributed by atoms with E-state index in [2.05, 4.69) is 17.4 Å². The number of aliphatic carboxylic acids is 1. The maximum Gasteiger partial charge on any atom is 0.407 e. The van der Waals surface area contributed by atoms with Crippen LogP contribution in [-0.2, 0) is 19.1 Å². The van der Waals surface area contributed by atoms with Crippen LogP contribution in [0.5, 0.6) is 0 Å². The number of alkyl carbamates (subject to hydrolysis) is 1. The van der Waals surface area contributed by atoms with Crippen molar-refractivity contribution in [2.24, 2.45) is 5.92 Å². The van der Waals surface area contributed by atoms with Gasteiger partial charge in [-0.3, -0.25) is 4.79 Å². The molecule has 180 valence electrons. The summed E-state index contributed by atoms with van der Waals surface area (Å²) in [6, 6.07) is 14.2. The first kappa shape index (κ1) is 23.8. The summed E-state index contributed by atoms with van der Waals surface area (Å²) >= 11 is 0. The Bertz CT molecular complexity index is 1020. The van der Waals surface area contributed by atoms with Crippen LogP contribution in [0.25, 0.3) is 11.1 Å². The molecule has 1 aliphatic heterocycles. The van der Waals surface area contributed by atoms with Crippen molar-refractivity contribution in [2.75, 3.05) is 26.4 Å². The molecule has 1 aliphatic carbocycles. The molecule has 0 bridgehead atoms. The summed E-state index contributed by atoms with van der Waals surface area (Å²) in [5.74, 6) is -1.55. The van der Waals surface area contributed by atoms with Gasteiger partial charge in [-0.1, -0.05) is 62.4 Å². The number of amides is 2. The minimum absolute atomic E-state index is 0.0690. The second-order valence-corrected chi connectivity index (χ2v) is 9.11. The summed E-state index contributed by atoms with van der Waals surface area (Å²) in [6.45, 7) is 4.37. The summed E-state index contributed by atoms with van der Waals surface area (Å²) in [6.07, 6.45) is -0.326. The Labute approximate surface area is 198 Å². The summed E-state index contributed by atoms with van der Waals surface area (Å²) in [5, 5.41) is 12.2. The Morgan fingerprint density at radius 3 is 2.29 bits per heavy atom. The first-order valence-corrected chi connectivity index (χ1v) is 11.6. The zero-order valence-electron chi connectivity index (χ0n) is 19.4. The monoisotopic (exact) mass is 466 g/mol. The van der Waals surface area contributed by atoms with Crippen LogP contribution in [0.4, 0.5) is 4.79 Å². The molecule has 2 atom stereocenters. The van der Waals surface area contributed by atoms with Crippen molar-refractivity contribution in [1.29, 1.82) is 0 Å². The van der Waals surface area contributed by atoms with Crippen molar-refractivity contribution < 1.29 is 29.0 Å². The van der Waals surface area contributed by atoms with E-state index in [9.17, 15) is 19.5 Å². The number of carbonyl (C=O) groups is 3. The van der Waals surface area contributed by atoms with Gasteiger partial charge in [-0.05, 0) is 34.6 Å². The number of hydrogen-bond acceptors (Lipinski definition) is 5. The topological polar surface area (TPSA) is 105 Å². The minimum atomic E-state index is -1.13. The molecule has 4 rings (SSSR count). The molecule has 2 amide bonds. The summed E-state index contributed by atoms with van der Waals surface area (Å²) in [7, 11) is 0. The lowest BCUT2D eigenvalue weighted by atomic mass is 9.98. The van der Waals surface area contributed by atoms with E-state index in [0.29, 0.717) is 6.42 Å². The number of carbonyl (C=O) groups excluding carboxylic acids is 2. The number of nitrogens with one attached hydrogen (secondary N) is 1. The van der Waals surface area contributed by atoms with Gasteiger partial charge in [0, 0.05) is 12.5 Å². The fourth-order valence-electron chi connectivity index (χ4n) is 4.75. The molecule has 8 nitrogen and oxygen atoms in total. The number of hydrogen-bond donors (Lipinski definition) is 2. The van der Waals surface area contributed by atoms with Gasteiger partial charge in [-0.25, -0.2) is 9.59 Å². The molecule has 0 saturated carbocycles. The van der Waals surface area contributed by atoms with E-state index >= 15 is 0 Å². The maximum atomic E-state index is 13.2. The van der Waals surface area contributed by atoms with Gasteiger partial charge in [0.25, 0.3) is 0 Å². The fourth-order valence-corrected chi connectivity index (χ4v) is 4.75. The molecule has 2 N–H and O–H groups in total. The highest BCUT2D eigenvalue weighted by Gasteiger charge is 2.37. The van der Waals surface area contributed by atoms with Gasteiger partial charge in [0.2, 0.25) is 5.91 Å². The summed E-state index contributed by atoms with van der Waals surface area (Å²) < 4.78 is 10.8. The Balaban J connectivity index is 1.45. The van der Waals surface area contributed by atoms with Crippen molar-refractivity contribution in [1.82, 2.24) is 10.2 Å². The second kappa shape index (κ2) is 10.3. The first-order valence-electron chi connectivity index (χ1n) is 11.6. The molecule has 1 unspecified atom stereocenters. The summed E-state index contributed by atoms with van der Waals surface area (Å²) in [4.78, 5) is 38.9. The Hall–Kier alpha value is -3.39. The molecule has 0 aromatic heterocycles. The van der Waals surface area contributed by atoms with E-state index in [4.69, 9.17) is 9.47 Å². The number of rotatable bonds is 7. The van der Waals surface area contributed by atoms with E-state index in [0.717, 1.165) is 22.3 Å². The van der Waals surface area contributed by atoms with Crippen LogP contribution in [-0.4, -0.2) is 66.4 Å². The predicted molar refractivity (Wildman–Crippen MR) is 125 cm³/mol. The van der Waals surface area contributed by atoms with E-state index in [-0.39, 0.29) is 38.2 Å². The van der Waals surface area contributed by atoms with Crippen molar-refractivity contribution in [3.63, 3.8) is 0 Å². The average molecular weight is 467 g/mol. The third-order valence-corrected chi connectivity index (χ3v) is 6.34. The second-order valence-electron chi connectivity index (χ2n) is 9.11. The van der Waals surface area contributed by atoms with Crippen LogP contribution in [0.3, 0.4) is 0 Å². The van der Waals surface area contributed by atoms with E-state index in [1.807, 2.05) is 50.2 Å². The van der Waals surface area contributed by atoms with Crippen molar-refractivity contribution in [3.05, 3.63) is 59.7 Å². The molecule has 0 radical (unpaired) electrons. The zero-order valence-corrected chi connectivity index (χ0v) is 19.4. The lowest BCUT2D eigenvalue weighted by Crippen LogP contribution is -2.58. The van der Waals surface area contributed by atoms with E-state index in [1.165, 1.54) is 4.90 Å². The molecule has 2 aromatic rings. The Morgan fingerprint density at radius 2 is 1.71 bits per heavy atom. The van der Waals surface area contributed by atoms with Crippen LogP contribution < -0.4 is 5.32 Å². The lowest BCUT2D eigenvalue weighted by Gasteiger charge is -2.35. The van der Waals surface area contributed by atoms with Crippen LogP contribution in [0.15, 0.2) is 48.5 Å². The van der Waals surface area contributed by atoms with Gasteiger partial charge < -0.3 is 24.8 Å². The SMILES string of the molecule is CC(C)C[C@@H](NC(=O)OCC1c2ccccc2-c2ccccc21)C(=O)N1CCOCC1C(=O)O. The lowest BCUT2D eigenvalue weighted by molar-refractivity contribution is -0.159. The summed E-state index contributed by atoms with van der Waals surface area (Å²) in [5.41, 5.74) is 4.46. The number of carboxylic acid groups (broad SMARTS) is 1. The normalized spacial score (nSPS) is 18.2. The Kier molecular flexibility index (Phi) is 7.17. The molecule has 0 spiro atoms. The molecule has 8 heteroatoms. The number of carboxylic acids is 1. The molecular weight excluding hydrogens is 436 g/mol. The van der Waals surface area contributed by atoms with Crippen LogP contribution in [0.2, 0.25) is 0 Å². The first-order chi connectivity index (χ1) is 16.4. The predicted octanol–water partition coefficient (Wildman–Crippen LogP) is 3.25. The van der Waals surface area contributed by atoms with E-state index in [1.54, 1.807) is 0 Å².